The maximum absolute atomic E-state index is 12.3. The lowest BCUT2D eigenvalue weighted by molar-refractivity contribution is -0.140. The zero-order valence-electron chi connectivity index (χ0n) is 11.8. The van der Waals surface area contributed by atoms with Crippen molar-refractivity contribution >= 4 is 17.5 Å². The molecule has 1 atom stereocenters. The second kappa shape index (κ2) is 6.93. The summed E-state index contributed by atoms with van der Waals surface area (Å²) in [4.78, 5) is 25.8. The molecule has 2 N–H and O–H groups in total. The molecule has 1 fully saturated rings. The Morgan fingerprint density at radius 1 is 1.25 bits per heavy atom. The number of benzene rings is 1. The fourth-order valence-electron chi connectivity index (χ4n) is 2.50. The van der Waals surface area contributed by atoms with Crippen LogP contribution in [-0.4, -0.2) is 42.9 Å². The van der Waals surface area contributed by atoms with E-state index in [4.69, 9.17) is 0 Å². The fraction of sp³-hybridized carbons (Fsp3) is 0.467. The molecule has 1 saturated heterocycles. The number of nitrogens with zero attached hydrogens (tertiary/aromatic N) is 1. The molecule has 0 spiro atoms. The predicted molar refractivity (Wildman–Crippen MR) is 78.4 cm³/mol. The summed E-state index contributed by atoms with van der Waals surface area (Å²) in [6, 6.07) is 9.28. The third-order valence-corrected chi connectivity index (χ3v) is 3.59. The zero-order valence-corrected chi connectivity index (χ0v) is 11.8. The molecule has 20 heavy (non-hydrogen) atoms. The third-order valence-electron chi connectivity index (χ3n) is 3.59. The molecule has 5 nitrogen and oxygen atoms in total. The molecule has 0 saturated carbocycles. The fourth-order valence-corrected chi connectivity index (χ4v) is 2.50. The van der Waals surface area contributed by atoms with Gasteiger partial charge in [0.05, 0.1) is 6.54 Å². The molecule has 1 aliphatic rings. The van der Waals surface area contributed by atoms with Gasteiger partial charge in [-0.2, -0.15) is 0 Å². The first kappa shape index (κ1) is 14.4. The molecule has 0 aromatic heterocycles. The van der Waals surface area contributed by atoms with Crippen molar-refractivity contribution in [3.8, 4) is 0 Å². The number of piperidine rings is 1. The maximum Gasteiger partial charge on any atom is 0.242 e. The van der Waals surface area contributed by atoms with Crippen LogP contribution in [0.1, 0.15) is 19.3 Å². The normalized spacial score (nSPS) is 18.4. The molecule has 1 aromatic carbocycles. The van der Waals surface area contributed by atoms with E-state index in [9.17, 15) is 9.59 Å². The Labute approximate surface area is 119 Å². The quantitative estimate of drug-likeness (QED) is 0.868. The van der Waals surface area contributed by atoms with Crippen LogP contribution in [0.2, 0.25) is 0 Å². The van der Waals surface area contributed by atoms with Gasteiger partial charge in [0.1, 0.15) is 6.04 Å². The van der Waals surface area contributed by atoms with E-state index < -0.39 is 0 Å². The van der Waals surface area contributed by atoms with Crippen LogP contribution in [0.3, 0.4) is 0 Å². The molecule has 0 aliphatic carbocycles. The highest BCUT2D eigenvalue weighted by atomic mass is 16.2. The van der Waals surface area contributed by atoms with Gasteiger partial charge in [-0.3, -0.25) is 9.59 Å². The minimum atomic E-state index is -0.321. The first-order chi connectivity index (χ1) is 9.72. The van der Waals surface area contributed by atoms with Crippen molar-refractivity contribution in [2.24, 2.45) is 0 Å². The number of rotatable bonds is 4. The Kier molecular flexibility index (Phi) is 4.98. The van der Waals surface area contributed by atoms with Crippen molar-refractivity contribution in [2.45, 2.75) is 25.3 Å². The van der Waals surface area contributed by atoms with E-state index in [1.807, 2.05) is 30.3 Å². The standard InChI is InChI=1S/C15H21N3O2/c1-16-15(20)13-9-5-6-10-18(13)14(19)11-17-12-7-3-2-4-8-12/h2-4,7-8,13,17H,5-6,9-11H2,1H3,(H,16,20). The zero-order chi connectivity index (χ0) is 14.4. The summed E-state index contributed by atoms with van der Waals surface area (Å²) >= 11 is 0. The van der Waals surface area contributed by atoms with Gasteiger partial charge in [-0.15, -0.1) is 0 Å². The lowest BCUT2D eigenvalue weighted by atomic mass is 10.0. The SMILES string of the molecule is CNC(=O)C1CCCCN1C(=O)CNc1ccccc1. The topological polar surface area (TPSA) is 61.4 Å². The van der Waals surface area contributed by atoms with Crippen molar-refractivity contribution in [3.63, 3.8) is 0 Å². The molecular weight excluding hydrogens is 254 g/mol. The van der Waals surface area contributed by atoms with E-state index in [1.54, 1.807) is 11.9 Å². The summed E-state index contributed by atoms with van der Waals surface area (Å²) in [5.74, 6) is -0.0973. The number of likely N-dealkylation sites (tertiary alicyclic amines) is 1. The van der Waals surface area contributed by atoms with Crippen LogP contribution in [0.25, 0.3) is 0 Å². The lowest BCUT2D eigenvalue weighted by Gasteiger charge is -2.34. The Morgan fingerprint density at radius 3 is 2.70 bits per heavy atom. The monoisotopic (exact) mass is 275 g/mol. The van der Waals surface area contributed by atoms with Crippen LogP contribution in [0.5, 0.6) is 0 Å². The molecule has 0 bridgehead atoms. The largest absolute Gasteiger partial charge is 0.376 e. The van der Waals surface area contributed by atoms with Gasteiger partial charge in [-0.25, -0.2) is 0 Å². The van der Waals surface area contributed by atoms with Crippen molar-refractivity contribution in [3.05, 3.63) is 30.3 Å². The Balaban J connectivity index is 1.94. The van der Waals surface area contributed by atoms with E-state index in [0.29, 0.717) is 6.54 Å². The summed E-state index contributed by atoms with van der Waals surface area (Å²) in [7, 11) is 1.61. The number of carbonyl (C=O) groups excluding carboxylic acids is 2. The molecule has 0 radical (unpaired) electrons. The van der Waals surface area contributed by atoms with E-state index in [2.05, 4.69) is 10.6 Å². The molecule has 2 amide bonds. The van der Waals surface area contributed by atoms with Gasteiger partial charge in [-0.1, -0.05) is 18.2 Å². The summed E-state index contributed by atoms with van der Waals surface area (Å²) in [6.45, 7) is 0.880. The van der Waals surface area contributed by atoms with Crippen LogP contribution < -0.4 is 10.6 Å². The number of para-hydroxylation sites is 1. The minimum absolute atomic E-state index is 0.0258. The van der Waals surface area contributed by atoms with E-state index >= 15 is 0 Å². The summed E-state index contributed by atoms with van der Waals surface area (Å²) in [6.07, 6.45) is 2.70. The van der Waals surface area contributed by atoms with Crippen molar-refractivity contribution in [2.75, 3.05) is 25.5 Å². The number of hydrogen-bond donors (Lipinski definition) is 2. The summed E-state index contributed by atoms with van der Waals surface area (Å²) in [5, 5.41) is 5.74. The van der Waals surface area contributed by atoms with Crippen LogP contribution in [0.15, 0.2) is 30.3 Å². The molecule has 1 heterocycles. The summed E-state index contributed by atoms with van der Waals surface area (Å²) < 4.78 is 0. The van der Waals surface area contributed by atoms with Gasteiger partial charge in [0.25, 0.3) is 0 Å². The van der Waals surface area contributed by atoms with E-state index in [0.717, 1.165) is 24.9 Å². The van der Waals surface area contributed by atoms with E-state index in [-0.39, 0.29) is 24.4 Å². The van der Waals surface area contributed by atoms with E-state index in [1.165, 1.54) is 0 Å². The molecule has 108 valence electrons. The van der Waals surface area contributed by atoms with Crippen LogP contribution in [0, 0.1) is 0 Å². The van der Waals surface area contributed by atoms with Crippen molar-refractivity contribution in [1.82, 2.24) is 10.2 Å². The Hall–Kier alpha value is -2.04. The molecule has 1 aromatic rings. The average Bonchev–Trinajstić information content (AvgIpc) is 2.52. The van der Waals surface area contributed by atoms with Gasteiger partial charge in [-0.05, 0) is 31.4 Å². The minimum Gasteiger partial charge on any atom is -0.376 e. The third kappa shape index (κ3) is 3.50. The number of carbonyl (C=O) groups is 2. The number of anilines is 1. The number of likely N-dealkylation sites (N-methyl/N-ethyl adjacent to an activating group) is 1. The molecule has 5 heteroatoms. The average molecular weight is 275 g/mol. The van der Waals surface area contributed by atoms with Gasteiger partial charge < -0.3 is 15.5 Å². The second-order valence-corrected chi connectivity index (χ2v) is 4.93. The molecular formula is C15H21N3O2. The van der Waals surface area contributed by atoms with Crippen LogP contribution in [-0.2, 0) is 9.59 Å². The highest BCUT2D eigenvalue weighted by molar-refractivity contribution is 5.89. The van der Waals surface area contributed by atoms with Gasteiger partial charge in [0.2, 0.25) is 11.8 Å². The highest BCUT2D eigenvalue weighted by Gasteiger charge is 2.31. The number of hydrogen-bond acceptors (Lipinski definition) is 3. The second-order valence-electron chi connectivity index (χ2n) is 4.93. The van der Waals surface area contributed by atoms with Gasteiger partial charge in [0.15, 0.2) is 0 Å². The Morgan fingerprint density at radius 2 is 2.00 bits per heavy atom. The number of amides is 2. The van der Waals surface area contributed by atoms with Crippen LogP contribution in [0.4, 0.5) is 5.69 Å². The molecule has 1 aliphatic heterocycles. The smallest absolute Gasteiger partial charge is 0.242 e. The molecule has 1 unspecified atom stereocenters. The van der Waals surface area contributed by atoms with Gasteiger partial charge >= 0.3 is 0 Å². The maximum atomic E-state index is 12.3. The van der Waals surface area contributed by atoms with Gasteiger partial charge in [0, 0.05) is 19.3 Å². The Bertz CT molecular complexity index is 461. The summed E-state index contributed by atoms with van der Waals surface area (Å²) in [5.41, 5.74) is 0.911. The lowest BCUT2D eigenvalue weighted by Crippen LogP contribution is -2.52. The predicted octanol–water partition coefficient (Wildman–Crippen LogP) is 1.23. The first-order valence-electron chi connectivity index (χ1n) is 7.02. The first-order valence-corrected chi connectivity index (χ1v) is 7.02. The number of nitrogens with one attached hydrogen (secondary N) is 2. The molecule has 2 rings (SSSR count). The van der Waals surface area contributed by atoms with Crippen molar-refractivity contribution < 1.29 is 9.59 Å². The van der Waals surface area contributed by atoms with Crippen molar-refractivity contribution in [1.29, 1.82) is 0 Å². The highest BCUT2D eigenvalue weighted by Crippen LogP contribution is 2.17. The van der Waals surface area contributed by atoms with Crippen LogP contribution >= 0.6 is 0 Å².